The molecule has 1 aliphatic heterocycles. The first-order valence-electron chi connectivity index (χ1n) is 9.11. The molecule has 1 N–H and O–H groups in total. The minimum atomic E-state index is -0.233. The first-order valence-corrected chi connectivity index (χ1v) is 9.11. The van der Waals surface area contributed by atoms with Crippen molar-refractivity contribution in [1.82, 2.24) is 5.32 Å². The lowest BCUT2D eigenvalue weighted by Gasteiger charge is -2.12. The Balaban J connectivity index is 1.77. The predicted molar refractivity (Wildman–Crippen MR) is 111 cm³/mol. The standard InChI is InChI=1S/C22H24N2O5/c1-26-16-8-5-14(6-9-16)7-10-20-23-17(22(25)24-20)11-15-12-18(27-2)21(29-4)19(13-15)28-3/h5-6,8-9,11-13H,7,10H2,1-4H3,(H,23,24,25)/b17-11+. The highest BCUT2D eigenvalue weighted by Crippen LogP contribution is 2.38. The highest BCUT2D eigenvalue weighted by Gasteiger charge is 2.20. The molecular formula is C22H24N2O5. The third kappa shape index (κ3) is 4.68. The van der Waals surface area contributed by atoms with Gasteiger partial charge in [-0.25, -0.2) is 4.99 Å². The summed E-state index contributed by atoms with van der Waals surface area (Å²) in [6.45, 7) is 0. The summed E-state index contributed by atoms with van der Waals surface area (Å²) in [5, 5.41) is 2.83. The van der Waals surface area contributed by atoms with E-state index in [1.54, 1.807) is 46.6 Å². The molecular weight excluding hydrogens is 372 g/mol. The summed E-state index contributed by atoms with van der Waals surface area (Å²) in [6.07, 6.45) is 3.09. The van der Waals surface area contributed by atoms with E-state index in [0.29, 0.717) is 35.2 Å². The third-order valence-electron chi connectivity index (χ3n) is 4.55. The number of nitrogens with one attached hydrogen (secondary N) is 1. The van der Waals surface area contributed by atoms with Crippen molar-refractivity contribution in [2.24, 2.45) is 4.99 Å². The molecule has 0 atom stereocenters. The maximum Gasteiger partial charge on any atom is 0.275 e. The van der Waals surface area contributed by atoms with Crippen LogP contribution in [-0.4, -0.2) is 40.2 Å². The number of methoxy groups -OCH3 is 4. The van der Waals surface area contributed by atoms with Gasteiger partial charge in [0.15, 0.2) is 11.5 Å². The SMILES string of the molecule is COc1ccc(CCC2=N/C(=C/c3cc(OC)c(OC)c(OC)c3)C(=O)N2)cc1. The van der Waals surface area contributed by atoms with Gasteiger partial charge in [0.25, 0.3) is 5.91 Å². The summed E-state index contributed by atoms with van der Waals surface area (Å²) in [5.74, 6) is 2.75. The number of carbonyl (C=O) groups excluding carboxylic acids is 1. The lowest BCUT2D eigenvalue weighted by atomic mass is 10.1. The number of rotatable bonds is 8. The lowest BCUT2D eigenvalue weighted by Crippen LogP contribution is -2.24. The van der Waals surface area contributed by atoms with E-state index in [1.807, 2.05) is 24.3 Å². The Morgan fingerprint density at radius 1 is 0.897 bits per heavy atom. The largest absolute Gasteiger partial charge is 0.497 e. The van der Waals surface area contributed by atoms with Crippen molar-refractivity contribution >= 4 is 17.8 Å². The first-order chi connectivity index (χ1) is 14.1. The molecule has 0 saturated heterocycles. The average Bonchev–Trinajstić information content (AvgIpc) is 3.10. The minimum Gasteiger partial charge on any atom is -0.497 e. The molecule has 29 heavy (non-hydrogen) atoms. The van der Waals surface area contributed by atoms with E-state index in [2.05, 4.69) is 10.3 Å². The molecule has 0 aromatic heterocycles. The molecule has 0 fully saturated rings. The molecule has 0 unspecified atom stereocenters. The fraction of sp³-hybridized carbons (Fsp3) is 0.273. The van der Waals surface area contributed by atoms with Gasteiger partial charge in [-0.3, -0.25) is 4.79 Å². The first kappa shape index (κ1) is 20.3. The number of amides is 1. The van der Waals surface area contributed by atoms with Gasteiger partial charge in [-0.1, -0.05) is 12.1 Å². The number of benzene rings is 2. The maximum absolute atomic E-state index is 12.3. The number of carbonyl (C=O) groups is 1. The molecule has 2 aromatic carbocycles. The molecule has 0 saturated carbocycles. The number of amidine groups is 1. The lowest BCUT2D eigenvalue weighted by molar-refractivity contribution is -0.115. The summed E-state index contributed by atoms with van der Waals surface area (Å²) in [5.41, 5.74) is 2.21. The zero-order valence-electron chi connectivity index (χ0n) is 16.9. The van der Waals surface area contributed by atoms with Gasteiger partial charge in [0.1, 0.15) is 17.3 Å². The van der Waals surface area contributed by atoms with Gasteiger partial charge in [0.05, 0.1) is 28.4 Å². The Morgan fingerprint density at radius 2 is 1.55 bits per heavy atom. The molecule has 3 rings (SSSR count). The van der Waals surface area contributed by atoms with E-state index in [9.17, 15) is 4.79 Å². The summed E-state index contributed by atoms with van der Waals surface area (Å²) in [7, 11) is 6.28. The Labute approximate surface area is 170 Å². The molecule has 7 nitrogen and oxygen atoms in total. The normalized spacial score (nSPS) is 14.4. The number of hydrogen-bond acceptors (Lipinski definition) is 6. The molecule has 1 amide bonds. The van der Waals surface area contributed by atoms with Crippen molar-refractivity contribution in [3.63, 3.8) is 0 Å². The number of ether oxygens (including phenoxy) is 4. The molecule has 1 heterocycles. The van der Waals surface area contributed by atoms with Gasteiger partial charge >= 0.3 is 0 Å². The Morgan fingerprint density at radius 3 is 2.10 bits per heavy atom. The molecule has 0 aliphatic carbocycles. The van der Waals surface area contributed by atoms with Crippen LogP contribution in [0.1, 0.15) is 17.5 Å². The topological polar surface area (TPSA) is 78.4 Å². The Hall–Kier alpha value is -3.48. The molecule has 0 bridgehead atoms. The van der Waals surface area contributed by atoms with Crippen LogP contribution in [0.15, 0.2) is 47.1 Å². The molecule has 7 heteroatoms. The average molecular weight is 396 g/mol. The monoisotopic (exact) mass is 396 g/mol. The van der Waals surface area contributed by atoms with Crippen LogP contribution in [0.2, 0.25) is 0 Å². The maximum atomic E-state index is 12.3. The summed E-state index contributed by atoms with van der Waals surface area (Å²) in [4.78, 5) is 16.8. The number of nitrogens with zero attached hydrogens (tertiary/aromatic N) is 1. The second-order valence-corrected chi connectivity index (χ2v) is 6.35. The smallest absolute Gasteiger partial charge is 0.275 e. The van der Waals surface area contributed by atoms with Gasteiger partial charge in [0, 0.05) is 6.42 Å². The van der Waals surface area contributed by atoms with E-state index >= 15 is 0 Å². The molecule has 2 aromatic rings. The summed E-state index contributed by atoms with van der Waals surface area (Å²) >= 11 is 0. The van der Waals surface area contributed by atoms with Crippen molar-refractivity contribution in [2.75, 3.05) is 28.4 Å². The molecule has 1 aliphatic rings. The van der Waals surface area contributed by atoms with Crippen LogP contribution in [0.5, 0.6) is 23.0 Å². The van der Waals surface area contributed by atoms with Crippen LogP contribution in [0.25, 0.3) is 6.08 Å². The van der Waals surface area contributed by atoms with Crippen molar-refractivity contribution in [2.45, 2.75) is 12.8 Å². The van der Waals surface area contributed by atoms with E-state index in [-0.39, 0.29) is 5.91 Å². The highest BCUT2D eigenvalue weighted by atomic mass is 16.5. The minimum absolute atomic E-state index is 0.233. The summed E-state index contributed by atoms with van der Waals surface area (Å²) < 4.78 is 21.2. The molecule has 152 valence electrons. The summed E-state index contributed by atoms with van der Waals surface area (Å²) in [6, 6.07) is 11.4. The predicted octanol–water partition coefficient (Wildman–Crippen LogP) is 3.22. The van der Waals surface area contributed by atoms with E-state index in [0.717, 1.165) is 23.3 Å². The highest BCUT2D eigenvalue weighted by molar-refractivity contribution is 6.14. The van der Waals surface area contributed by atoms with Gasteiger partial charge in [-0.15, -0.1) is 0 Å². The Kier molecular flexibility index (Phi) is 6.39. The fourth-order valence-corrected chi connectivity index (χ4v) is 3.03. The molecule has 0 radical (unpaired) electrons. The van der Waals surface area contributed by atoms with Gasteiger partial charge < -0.3 is 24.3 Å². The number of aryl methyl sites for hydroxylation is 1. The van der Waals surface area contributed by atoms with Crippen LogP contribution in [0.4, 0.5) is 0 Å². The van der Waals surface area contributed by atoms with E-state index < -0.39 is 0 Å². The second kappa shape index (κ2) is 9.14. The van der Waals surface area contributed by atoms with Crippen LogP contribution >= 0.6 is 0 Å². The van der Waals surface area contributed by atoms with Gasteiger partial charge in [-0.2, -0.15) is 0 Å². The van der Waals surface area contributed by atoms with Gasteiger partial charge in [0.2, 0.25) is 5.75 Å². The van der Waals surface area contributed by atoms with Crippen LogP contribution in [0, 0.1) is 0 Å². The van der Waals surface area contributed by atoms with Crippen molar-refractivity contribution in [3.05, 3.63) is 53.2 Å². The van der Waals surface area contributed by atoms with Crippen LogP contribution in [-0.2, 0) is 11.2 Å². The van der Waals surface area contributed by atoms with Gasteiger partial charge in [-0.05, 0) is 47.9 Å². The van der Waals surface area contributed by atoms with E-state index in [1.165, 1.54) is 0 Å². The zero-order chi connectivity index (χ0) is 20.8. The van der Waals surface area contributed by atoms with Crippen molar-refractivity contribution in [1.29, 1.82) is 0 Å². The number of hydrogen-bond donors (Lipinski definition) is 1. The van der Waals surface area contributed by atoms with E-state index in [4.69, 9.17) is 18.9 Å². The van der Waals surface area contributed by atoms with Crippen molar-refractivity contribution in [3.8, 4) is 23.0 Å². The Bertz CT molecular complexity index is 923. The fourth-order valence-electron chi connectivity index (χ4n) is 3.03. The quantitative estimate of drug-likeness (QED) is 0.693. The third-order valence-corrected chi connectivity index (χ3v) is 4.55. The van der Waals surface area contributed by atoms with Crippen LogP contribution < -0.4 is 24.3 Å². The molecule has 0 spiro atoms. The number of aliphatic imine (C=N–C) groups is 1. The zero-order valence-corrected chi connectivity index (χ0v) is 16.9. The second-order valence-electron chi connectivity index (χ2n) is 6.35. The van der Waals surface area contributed by atoms with Crippen molar-refractivity contribution < 1.29 is 23.7 Å². The van der Waals surface area contributed by atoms with Crippen LogP contribution in [0.3, 0.4) is 0 Å².